The van der Waals surface area contributed by atoms with E-state index in [-0.39, 0.29) is 54.2 Å². The van der Waals surface area contributed by atoms with Crippen LogP contribution in [0, 0.1) is 22.7 Å². The van der Waals surface area contributed by atoms with Crippen LogP contribution in [0.5, 0.6) is 11.5 Å². The second-order valence-electron chi connectivity index (χ2n) is 12.3. The standard InChI is InChI=1S/C34H36Cl6O8/c1-5-17-15-33(17,7-3)9-11-45-29(41)23-25(39)19(35)13-21(37)27(23)47-31(43)32(44)48-28-22(38)14-20(36)26(40)24(28)30(42)46-12-10-34(8-4)16-18(34)6-2/h13-14,17-18H,5-12,15-16H2,1-4H3. The lowest BCUT2D eigenvalue weighted by molar-refractivity contribution is -0.156. The van der Waals surface area contributed by atoms with Crippen molar-refractivity contribution in [2.45, 2.75) is 79.1 Å². The van der Waals surface area contributed by atoms with E-state index in [1.807, 2.05) is 0 Å². The number of hydrogen-bond acceptors (Lipinski definition) is 8. The first-order chi connectivity index (χ1) is 22.7. The van der Waals surface area contributed by atoms with Crippen molar-refractivity contribution < 1.29 is 38.1 Å². The molecule has 0 heterocycles. The van der Waals surface area contributed by atoms with E-state index in [0.717, 1.165) is 50.7 Å². The molecule has 0 saturated heterocycles. The lowest BCUT2D eigenvalue weighted by atomic mass is 9.95. The Kier molecular flexibility index (Phi) is 12.9. The predicted octanol–water partition coefficient (Wildman–Crippen LogP) is 10.9. The van der Waals surface area contributed by atoms with E-state index in [1.165, 1.54) is 0 Å². The minimum absolute atomic E-state index is 0.0758. The zero-order chi connectivity index (χ0) is 35.6. The number of rotatable bonds is 14. The molecular formula is C34H36Cl6O8. The monoisotopic (exact) mass is 782 g/mol. The first-order valence-electron chi connectivity index (χ1n) is 15.8. The molecular weight excluding hydrogens is 749 g/mol. The normalized spacial score (nSPS) is 22.5. The zero-order valence-corrected chi connectivity index (χ0v) is 31.4. The summed E-state index contributed by atoms with van der Waals surface area (Å²) in [6.45, 7) is 8.58. The van der Waals surface area contributed by atoms with Crippen LogP contribution < -0.4 is 9.47 Å². The van der Waals surface area contributed by atoms with Gasteiger partial charge in [0.1, 0.15) is 11.1 Å². The molecule has 0 N–H and O–H groups in total. The highest BCUT2D eigenvalue weighted by Crippen LogP contribution is 2.60. The summed E-state index contributed by atoms with van der Waals surface area (Å²) in [7, 11) is 0. The maximum absolute atomic E-state index is 13.2. The van der Waals surface area contributed by atoms with Gasteiger partial charge in [0.15, 0.2) is 11.5 Å². The van der Waals surface area contributed by atoms with Crippen molar-refractivity contribution in [3.63, 3.8) is 0 Å². The summed E-state index contributed by atoms with van der Waals surface area (Å²) < 4.78 is 21.4. The van der Waals surface area contributed by atoms with Crippen molar-refractivity contribution >= 4 is 93.5 Å². The largest absolute Gasteiger partial charge is 0.462 e. The van der Waals surface area contributed by atoms with Crippen LogP contribution in [0.4, 0.5) is 0 Å². The highest BCUT2D eigenvalue weighted by Gasteiger charge is 2.51. The zero-order valence-electron chi connectivity index (χ0n) is 26.9. The van der Waals surface area contributed by atoms with Gasteiger partial charge in [-0.1, -0.05) is 123 Å². The molecule has 0 radical (unpaired) electrons. The van der Waals surface area contributed by atoms with E-state index >= 15 is 0 Å². The maximum atomic E-state index is 13.2. The fraction of sp³-hybridized carbons (Fsp3) is 0.529. The van der Waals surface area contributed by atoms with Gasteiger partial charge in [-0.15, -0.1) is 0 Å². The molecule has 2 aliphatic carbocycles. The molecule has 0 aromatic heterocycles. The average Bonchev–Trinajstić information content (AvgIpc) is 3.96. The summed E-state index contributed by atoms with van der Waals surface area (Å²) >= 11 is 37.5. The van der Waals surface area contributed by atoms with Gasteiger partial charge in [0.2, 0.25) is 0 Å². The summed E-state index contributed by atoms with van der Waals surface area (Å²) in [4.78, 5) is 52.4. The second-order valence-corrected chi connectivity index (χ2v) is 14.7. The Morgan fingerprint density at radius 2 is 0.979 bits per heavy atom. The van der Waals surface area contributed by atoms with Crippen LogP contribution in [0.2, 0.25) is 30.1 Å². The van der Waals surface area contributed by atoms with Gasteiger partial charge in [0, 0.05) is 0 Å². The Hall–Kier alpha value is -1.94. The van der Waals surface area contributed by atoms with Crippen molar-refractivity contribution in [3.8, 4) is 11.5 Å². The molecule has 8 nitrogen and oxygen atoms in total. The Morgan fingerprint density at radius 3 is 1.27 bits per heavy atom. The van der Waals surface area contributed by atoms with E-state index in [4.69, 9.17) is 88.6 Å². The Morgan fingerprint density at radius 1 is 0.625 bits per heavy atom. The van der Waals surface area contributed by atoms with Gasteiger partial charge < -0.3 is 18.9 Å². The third-order valence-electron chi connectivity index (χ3n) is 10.00. The Labute approximate surface area is 309 Å². The molecule has 2 aliphatic rings. The fourth-order valence-corrected chi connectivity index (χ4v) is 8.12. The van der Waals surface area contributed by atoms with Crippen molar-refractivity contribution in [2.75, 3.05) is 13.2 Å². The minimum atomic E-state index is -1.64. The first kappa shape index (κ1) is 38.9. The molecule has 4 atom stereocenters. The number of halogens is 6. The Balaban J connectivity index is 1.50. The summed E-state index contributed by atoms with van der Waals surface area (Å²) in [5.74, 6) is -5.22. The van der Waals surface area contributed by atoms with Gasteiger partial charge in [0.05, 0.1) is 43.3 Å². The SMILES string of the molecule is CCC1CC1(CC)CCOC(=O)c1c(Cl)c(Cl)cc(Cl)c1OC(=O)C(=O)Oc1c(Cl)cc(Cl)c(Cl)c1C(=O)OCCC1(CC)CC1CC. The van der Waals surface area contributed by atoms with Gasteiger partial charge in [-0.2, -0.15) is 0 Å². The number of carbonyl (C=O) groups is 4. The molecule has 2 aromatic rings. The number of benzene rings is 2. The molecule has 0 aliphatic heterocycles. The van der Waals surface area contributed by atoms with Crippen LogP contribution >= 0.6 is 69.6 Å². The minimum Gasteiger partial charge on any atom is -0.462 e. The number of hydrogen-bond donors (Lipinski definition) is 0. The first-order valence-corrected chi connectivity index (χ1v) is 18.1. The van der Waals surface area contributed by atoms with E-state index < -0.39 is 46.5 Å². The van der Waals surface area contributed by atoms with Crippen LogP contribution in [-0.2, 0) is 19.1 Å². The Bertz CT molecular complexity index is 1500. The molecule has 2 aromatic carbocycles. The highest BCUT2D eigenvalue weighted by molar-refractivity contribution is 6.47. The number of carbonyl (C=O) groups excluding carboxylic acids is 4. The third-order valence-corrected chi connectivity index (χ3v) is 12.1. The summed E-state index contributed by atoms with van der Waals surface area (Å²) in [5.41, 5.74) is -0.695. The summed E-state index contributed by atoms with van der Waals surface area (Å²) in [6, 6.07) is 2.27. The highest BCUT2D eigenvalue weighted by atomic mass is 35.5. The van der Waals surface area contributed by atoms with Gasteiger partial charge in [-0.25, -0.2) is 19.2 Å². The predicted molar refractivity (Wildman–Crippen MR) is 186 cm³/mol. The van der Waals surface area contributed by atoms with Crippen LogP contribution in [0.15, 0.2) is 12.1 Å². The van der Waals surface area contributed by atoms with Crippen LogP contribution in [0.3, 0.4) is 0 Å². The maximum Gasteiger partial charge on any atom is 0.423 e. The van der Waals surface area contributed by atoms with Crippen molar-refractivity contribution in [3.05, 3.63) is 53.4 Å². The van der Waals surface area contributed by atoms with E-state index in [2.05, 4.69) is 27.7 Å². The summed E-state index contributed by atoms with van der Waals surface area (Å²) in [6.07, 6.45) is 7.31. The molecule has 0 amide bonds. The van der Waals surface area contributed by atoms with Crippen LogP contribution in [0.1, 0.15) is 99.8 Å². The topological polar surface area (TPSA) is 105 Å². The van der Waals surface area contributed by atoms with E-state index in [9.17, 15) is 19.2 Å². The van der Waals surface area contributed by atoms with Crippen LogP contribution in [-0.4, -0.2) is 37.1 Å². The van der Waals surface area contributed by atoms with E-state index in [0.29, 0.717) is 24.7 Å². The second kappa shape index (κ2) is 15.9. The lowest BCUT2D eigenvalue weighted by Crippen LogP contribution is -2.27. The van der Waals surface area contributed by atoms with Gasteiger partial charge in [0.25, 0.3) is 0 Å². The van der Waals surface area contributed by atoms with Crippen molar-refractivity contribution in [1.29, 1.82) is 0 Å². The molecule has 2 fully saturated rings. The lowest BCUT2D eigenvalue weighted by Gasteiger charge is -2.17. The molecule has 2 saturated carbocycles. The van der Waals surface area contributed by atoms with Gasteiger partial charge >= 0.3 is 23.9 Å². The van der Waals surface area contributed by atoms with E-state index in [1.54, 1.807) is 0 Å². The molecule has 0 spiro atoms. The molecule has 262 valence electrons. The molecule has 4 unspecified atom stereocenters. The fourth-order valence-electron chi connectivity index (χ4n) is 6.68. The number of ether oxygens (including phenoxy) is 4. The van der Waals surface area contributed by atoms with Crippen molar-refractivity contribution in [2.24, 2.45) is 22.7 Å². The summed E-state index contributed by atoms with van der Waals surface area (Å²) in [5, 5.41) is -1.45. The quantitative estimate of drug-likeness (QED) is 0.0807. The molecule has 14 heteroatoms. The third kappa shape index (κ3) is 8.16. The molecule has 48 heavy (non-hydrogen) atoms. The smallest absolute Gasteiger partial charge is 0.423 e. The van der Waals surface area contributed by atoms with Crippen molar-refractivity contribution in [1.82, 2.24) is 0 Å². The molecule has 0 bridgehead atoms. The average molecular weight is 785 g/mol. The molecule has 4 rings (SSSR count). The van der Waals surface area contributed by atoms with Gasteiger partial charge in [-0.05, 0) is 60.5 Å². The van der Waals surface area contributed by atoms with Gasteiger partial charge in [-0.3, -0.25) is 0 Å². The number of esters is 4. The van der Waals surface area contributed by atoms with Crippen LogP contribution in [0.25, 0.3) is 0 Å².